The van der Waals surface area contributed by atoms with Crippen molar-refractivity contribution in [2.75, 3.05) is 0 Å². The number of furan rings is 1. The summed E-state index contributed by atoms with van der Waals surface area (Å²) in [6, 6.07) is 1.13. The van der Waals surface area contributed by atoms with Crippen molar-refractivity contribution in [3.63, 3.8) is 0 Å². The molecule has 0 saturated carbocycles. The number of carbonyl (C=O) groups excluding carboxylic acids is 1. The van der Waals surface area contributed by atoms with Crippen LogP contribution in [0.3, 0.4) is 0 Å². The van der Waals surface area contributed by atoms with Gasteiger partial charge in [0.05, 0.1) is 12.5 Å². The fourth-order valence-corrected chi connectivity index (χ4v) is 2.91. The van der Waals surface area contributed by atoms with E-state index in [9.17, 15) is 9.35 Å². The lowest BCUT2D eigenvalue weighted by Crippen LogP contribution is -2.48. The average molecular weight is 349 g/mol. The van der Waals surface area contributed by atoms with Crippen LogP contribution in [0.25, 0.3) is 11.6 Å². The standard InChI is InChI=1S/C18H23NO4S/c1-5-7-15(19-24(21)18(2,3)4)17(20)23-12-13-8-6-9-16-14(13)10-11-22-16/h5-6,9-12,15,19H,1,7-8H2,2-4H3/t15-,24-/m0/s1. The zero-order valence-corrected chi connectivity index (χ0v) is 15.0. The molecule has 0 aliphatic heterocycles. The van der Waals surface area contributed by atoms with Crippen LogP contribution < -0.4 is 4.72 Å². The predicted molar refractivity (Wildman–Crippen MR) is 96.1 cm³/mol. The Hall–Kier alpha value is -1.76. The maximum atomic E-state index is 12.3. The molecule has 2 atom stereocenters. The second-order valence-corrected chi connectivity index (χ2v) is 8.46. The van der Waals surface area contributed by atoms with Crippen LogP contribution in [-0.4, -0.2) is 21.3 Å². The second kappa shape index (κ2) is 7.88. The normalized spacial score (nSPS) is 18.1. The van der Waals surface area contributed by atoms with Crippen molar-refractivity contribution in [1.29, 1.82) is 0 Å². The molecule has 2 rings (SSSR count). The van der Waals surface area contributed by atoms with Crippen LogP contribution in [0.2, 0.25) is 0 Å². The molecule has 0 spiro atoms. The molecule has 0 bridgehead atoms. The van der Waals surface area contributed by atoms with Crippen LogP contribution in [-0.2, 0) is 20.9 Å². The molecule has 1 aromatic heterocycles. The predicted octanol–water partition coefficient (Wildman–Crippen LogP) is 3.58. The van der Waals surface area contributed by atoms with Gasteiger partial charge in [-0.15, -0.1) is 11.3 Å². The third kappa shape index (κ3) is 4.63. The Bertz CT molecular complexity index is 654. The van der Waals surface area contributed by atoms with E-state index in [1.54, 1.807) is 12.3 Å². The zero-order chi connectivity index (χ0) is 17.7. The number of allylic oxidation sites excluding steroid dienone is 2. The molecule has 0 amide bonds. The Morgan fingerprint density at radius 2 is 2.33 bits per heavy atom. The quantitative estimate of drug-likeness (QED) is 0.368. The van der Waals surface area contributed by atoms with Gasteiger partial charge < -0.3 is 13.7 Å². The molecular formula is C18H23NO4S. The summed E-state index contributed by atoms with van der Waals surface area (Å²) in [7, 11) is 0. The SMILES string of the molecule is C=CC[C@H](N[S@@+]([O-])C(C)(C)C)C(=O)OC=C1CC=Cc2occc21. The molecule has 0 radical (unpaired) electrons. The average Bonchev–Trinajstić information content (AvgIpc) is 3.00. The number of hydrogen-bond acceptors (Lipinski definition) is 5. The lowest BCUT2D eigenvalue weighted by Gasteiger charge is -2.26. The highest BCUT2D eigenvalue weighted by Gasteiger charge is 2.32. The molecule has 24 heavy (non-hydrogen) atoms. The van der Waals surface area contributed by atoms with Gasteiger partial charge in [-0.05, 0) is 45.8 Å². The van der Waals surface area contributed by atoms with Gasteiger partial charge in [0.25, 0.3) is 0 Å². The lowest BCUT2D eigenvalue weighted by molar-refractivity contribution is -0.139. The van der Waals surface area contributed by atoms with Gasteiger partial charge in [0, 0.05) is 22.5 Å². The molecule has 0 fully saturated rings. The van der Waals surface area contributed by atoms with Crippen molar-refractivity contribution in [3.8, 4) is 0 Å². The van der Waals surface area contributed by atoms with E-state index < -0.39 is 28.1 Å². The summed E-state index contributed by atoms with van der Waals surface area (Å²) in [5.41, 5.74) is 1.78. The van der Waals surface area contributed by atoms with E-state index in [1.807, 2.05) is 39.0 Å². The fraction of sp³-hybridized carbons (Fsp3) is 0.389. The Kier molecular flexibility index (Phi) is 6.10. The summed E-state index contributed by atoms with van der Waals surface area (Å²) in [6.45, 7) is 9.15. The molecule has 130 valence electrons. The minimum atomic E-state index is -1.37. The number of rotatable bonds is 6. The highest BCUT2D eigenvalue weighted by atomic mass is 32.2. The largest absolute Gasteiger partial charge is 0.598 e. The molecule has 0 saturated heterocycles. The number of fused-ring (bicyclic) bond motifs is 1. The van der Waals surface area contributed by atoms with Gasteiger partial charge in [-0.1, -0.05) is 12.2 Å². The van der Waals surface area contributed by atoms with E-state index in [2.05, 4.69) is 11.3 Å². The van der Waals surface area contributed by atoms with E-state index in [4.69, 9.17) is 9.15 Å². The molecule has 1 N–H and O–H groups in total. The first kappa shape index (κ1) is 18.6. The van der Waals surface area contributed by atoms with E-state index in [0.29, 0.717) is 12.8 Å². The maximum absolute atomic E-state index is 12.3. The summed E-state index contributed by atoms with van der Waals surface area (Å²) in [5.74, 6) is 0.262. The van der Waals surface area contributed by atoms with Crippen molar-refractivity contribution in [1.82, 2.24) is 4.72 Å². The van der Waals surface area contributed by atoms with Gasteiger partial charge in [-0.25, -0.2) is 4.79 Å². The summed E-state index contributed by atoms with van der Waals surface area (Å²) in [6.07, 6.45) is 9.47. The van der Waals surface area contributed by atoms with E-state index in [0.717, 1.165) is 16.9 Å². The first-order valence-corrected chi connectivity index (χ1v) is 8.91. The molecule has 0 aromatic carbocycles. The van der Waals surface area contributed by atoms with Gasteiger partial charge in [-0.2, -0.15) is 0 Å². The zero-order valence-electron chi connectivity index (χ0n) is 14.2. The van der Waals surface area contributed by atoms with Crippen molar-refractivity contribution in [2.24, 2.45) is 0 Å². The van der Waals surface area contributed by atoms with Crippen LogP contribution in [0.5, 0.6) is 0 Å². The monoisotopic (exact) mass is 349 g/mol. The maximum Gasteiger partial charge on any atom is 0.332 e. The lowest BCUT2D eigenvalue weighted by atomic mass is 10.00. The summed E-state index contributed by atoms with van der Waals surface area (Å²) >= 11 is -1.37. The Labute approximate surface area is 145 Å². The molecule has 0 unspecified atom stereocenters. The topological polar surface area (TPSA) is 74.5 Å². The number of esters is 1. The van der Waals surface area contributed by atoms with Crippen molar-refractivity contribution in [3.05, 3.63) is 48.6 Å². The summed E-state index contributed by atoms with van der Waals surface area (Å²) < 4.78 is 25.2. The summed E-state index contributed by atoms with van der Waals surface area (Å²) in [5, 5.41) is 0. The molecule has 1 heterocycles. The molecule has 1 aromatic rings. The first-order valence-electron chi connectivity index (χ1n) is 7.76. The highest BCUT2D eigenvalue weighted by Crippen LogP contribution is 2.29. The second-order valence-electron chi connectivity index (χ2n) is 6.46. The molecule has 1 aliphatic rings. The first-order chi connectivity index (χ1) is 11.3. The highest BCUT2D eigenvalue weighted by molar-refractivity contribution is 7.90. The fourth-order valence-electron chi connectivity index (χ4n) is 2.11. The Morgan fingerprint density at radius 3 is 3.00 bits per heavy atom. The number of carbonyl (C=O) groups is 1. The minimum Gasteiger partial charge on any atom is -0.598 e. The van der Waals surface area contributed by atoms with Crippen LogP contribution in [0.15, 0.2) is 41.7 Å². The van der Waals surface area contributed by atoms with Crippen molar-refractivity contribution in [2.45, 2.75) is 44.4 Å². The van der Waals surface area contributed by atoms with E-state index in [-0.39, 0.29) is 0 Å². The van der Waals surface area contributed by atoms with Crippen LogP contribution >= 0.6 is 0 Å². The van der Waals surface area contributed by atoms with Gasteiger partial charge in [-0.3, -0.25) is 0 Å². The number of ether oxygens (including phenoxy) is 1. The van der Waals surface area contributed by atoms with Gasteiger partial charge in [0.15, 0.2) is 6.04 Å². The van der Waals surface area contributed by atoms with Crippen LogP contribution in [0.4, 0.5) is 0 Å². The van der Waals surface area contributed by atoms with E-state index in [1.165, 1.54) is 6.26 Å². The molecule has 1 aliphatic carbocycles. The third-order valence-electron chi connectivity index (χ3n) is 3.46. The smallest absolute Gasteiger partial charge is 0.332 e. The van der Waals surface area contributed by atoms with Crippen molar-refractivity contribution >= 4 is 29.0 Å². The van der Waals surface area contributed by atoms with Gasteiger partial charge in [0.1, 0.15) is 10.5 Å². The van der Waals surface area contributed by atoms with Crippen LogP contribution in [0, 0.1) is 0 Å². The third-order valence-corrected chi connectivity index (χ3v) is 5.07. The Morgan fingerprint density at radius 1 is 1.58 bits per heavy atom. The molecule has 5 nitrogen and oxygen atoms in total. The Balaban J connectivity index is 2.05. The van der Waals surface area contributed by atoms with Crippen molar-refractivity contribution < 1.29 is 18.5 Å². The number of hydrogen-bond donors (Lipinski definition) is 1. The number of nitrogens with one attached hydrogen (secondary N) is 1. The molecular weight excluding hydrogens is 326 g/mol. The summed E-state index contributed by atoms with van der Waals surface area (Å²) in [4.78, 5) is 12.3. The van der Waals surface area contributed by atoms with Gasteiger partial charge >= 0.3 is 5.97 Å². The van der Waals surface area contributed by atoms with E-state index >= 15 is 0 Å². The molecule has 6 heteroatoms. The van der Waals surface area contributed by atoms with Gasteiger partial charge in [0.2, 0.25) is 0 Å². The minimum absolute atomic E-state index is 0.334. The van der Waals surface area contributed by atoms with Crippen LogP contribution in [0.1, 0.15) is 44.9 Å².